The highest BCUT2D eigenvalue weighted by Gasteiger charge is 1.92. The van der Waals surface area contributed by atoms with E-state index in [9.17, 15) is 4.79 Å². The molecule has 0 rings (SSSR count). The van der Waals surface area contributed by atoms with Gasteiger partial charge in [-0.2, -0.15) is 0 Å². The Labute approximate surface area is 135 Å². The summed E-state index contributed by atoms with van der Waals surface area (Å²) in [6.45, 7) is 2.14. The van der Waals surface area contributed by atoms with Crippen LogP contribution in [0, 0.1) is 0 Å². The van der Waals surface area contributed by atoms with E-state index in [1.165, 1.54) is 0 Å². The highest BCUT2D eigenvalue weighted by molar-refractivity contribution is 5.66. The van der Waals surface area contributed by atoms with Gasteiger partial charge in [-0.15, -0.1) is 0 Å². The molecular weight excluding hydrogens is 272 g/mol. The molecular formula is C20H30O2. The van der Waals surface area contributed by atoms with Crippen molar-refractivity contribution in [3.8, 4) is 0 Å². The number of unbranched alkanes of at least 4 members (excludes halogenated alkanes) is 2. The summed E-state index contributed by atoms with van der Waals surface area (Å²) < 4.78 is 0. The normalized spacial score (nSPS) is 12.8. The van der Waals surface area contributed by atoms with Crippen LogP contribution in [-0.2, 0) is 4.79 Å². The molecule has 0 radical (unpaired) electrons. The summed E-state index contributed by atoms with van der Waals surface area (Å²) in [6.07, 6.45) is 28.4. The first-order valence-electron chi connectivity index (χ1n) is 8.25. The topological polar surface area (TPSA) is 37.3 Å². The third kappa shape index (κ3) is 18.2. The maximum atomic E-state index is 10.3. The zero-order chi connectivity index (χ0) is 16.3. The maximum absolute atomic E-state index is 10.3. The summed E-state index contributed by atoms with van der Waals surface area (Å²) in [5.74, 6) is -0.713. The molecule has 0 heterocycles. The number of carboxylic acids is 1. The lowest BCUT2D eigenvalue weighted by Crippen LogP contribution is -1.92. The highest BCUT2D eigenvalue weighted by Crippen LogP contribution is 2.00. The summed E-state index contributed by atoms with van der Waals surface area (Å²) in [4.78, 5) is 10.3. The van der Waals surface area contributed by atoms with Crippen LogP contribution >= 0.6 is 0 Å². The van der Waals surface area contributed by atoms with Crippen LogP contribution in [0.1, 0.15) is 58.3 Å². The van der Waals surface area contributed by atoms with Crippen LogP contribution in [0.15, 0.2) is 60.8 Å². The Morgan fingerprint density at radius 2 is 1.36 bits per heavy atom. The molecule has 2 heteroatoms. The van der Waals surface area contributed by atoms with Crippen molar-refractivity contribution in [3.05, 3.63) is 60.8 Å². The number of allylic oxidation sites excluding steroid dienone is 10. The molecule has 122 valence electrons. The standard InChI is InChI=1S/C20H30O2/c1-2-3-4-5-6-7-8-9-10-11-12-13-14-15-16-17-18-19-20(21)22/h3-4,6-7,9-12,15-16H,2,5,8,13-14,17-19H2,1H3,(H,21,22). The first-order valence-corrected chi connectivity index (χ1v) is 8.25. The van der Waals surface area contributed by atoms with Crippen LogP contribution in [0.25, 0.3) is 0 Å². The van der Waals surface area contributed by atoms with Crippen molar-refractivity contribution < 1.29 is 9.90 Å². The van der Waals surface area contributed by atoms with Crippen molar-refractivity contribution in [1.29, 1.82) is 0 Å². The van der Waals surface area contributed by atoms with Gasteiger partial charge in [-0.05, 0) is 44.9 Å². The van der Waals surface area contributed by atoms with E-state index >= 15 is 0 Å². The Morgan fingerprint density at radius 3 is 2.09 bits per heavy atom. The van der Waals surface area contributed by atoms with Gasteiger partial charge in [0.2, 0.25) is 0 Å². The Morgan fingerprint density at radius 1 is 0.773 bits per heavy atom. The van der Waals surface area contributed by atoms with E-state index < -0.39 is 5.97 Å². The van der Waals surface area contributed by atoms with Crippen molar-refractivity contribution in [2.45, 2.75) is 58.3 Å². The quantitative estimate of drug-likeness (QED) is 0.258. The average Bonchev–Trinajstić information content (AvgIpc) is 2.50. The molecule has 0 saturated heterocycles. The highest BCUT2D eigenvalue weighted by atomic mass is 16.4. The lowest BCUT2D eigenvalue weighted by molar-refractivity contribution is -0.137. The van der Waals surface area contributed by atoms with Gasteiger partial charge in [-0.25, -0.2) is 0 Å². The molecule has 0 aliphatic carbocycles. The third-order valence-corrected chi connectivity index (χ3v) is 2.92. The zero-order valence-corrected chi connectivity index (χ0v) is 13.8. The number of rotatable bonds is 13. The smallest absolute Gasteiger partial charge is 0.303 e. The predicted octanol–water partition coefficient (Wildman–Crippen LogP) is 5.99. The number of aliphatic carboxylic acids is 1. The minimum atomic E-state index is -0.713. The zero-order valence-electron chi connectivity index (χ0n) is 13.8. The van der Waals surface area contributed by atoms with Crippen molar-refractivity contribution >= 4 is 5.97 Å². The molecule has 0 spiro atoms. The predicted molar refractivity (Wildman–Crippen MR) is 95.9 cm³/mol. The van der Waals surface area contributed by atoms with Crippen LogP contribution in [-0.4, -0.2) is 11.1 Å². The molecule has 0 aromatic heterocycles. The maximum Gasteiger partial charge on any atom is 0.303 e. The molecule has 22 heavy (non-hydrogen) atoms. The largest absolute Gasteiger partial charge is 0.481 e. The van der Waals surface area contributed by atoms with Crippen LogP contribution in [0.4, 0.5) is 0 Å². The van der Waals surface area contributed by atoms with Crippen molar-refractivity contribution in [2.75, 3.05) is 0 Å². The van der Waals surface area contributed by atoms with E-state index in [4.69, 9.17) is 5.11 Å². The van der Waals surface area contributed by atoms with Gasteiger partial charge in [0.25, 0.3) is 0 Å². The van der Waals surface area contributed by atoms with E-state index in [0.717, 1.165) is 44.9 Å². The molecule has 0 fully saturated rings. The van der Waals surface area contributed by atoms with Gasteiger partial charge in [0.1, 0.15) is 0 Å². The van der Waals surface area contributed by atoms with Gasteiger partial charge in [-0.3, -0.25) is 4.79 Å². The summed E-state index contributed by atoms with van der Waals surface area (Å²) in [5.41, 5.74) is 0. The van der Waals surface area contributed by atoms with Gasteiger partial charge in [0, 0.05) is 6.42 Å². The van der Waals surface area contributed by atoms with E-state index in [-0.39, 0.29) is 6.42 Å². The summed E-state index contributed by atoms with van der Waals surface area (Å²) in [5, 5.41) is 8.49. The second kappa shape index (κ2) is 17.2. The molecule has 0 aliphatic heterocycles. The van der Waals surface area contributed by atoms with Gasteiger partial charge >= 0.3 is 5.97 Å². The minimum Gasteiger partial charge on any atom is -0.481 e. The van der Waals surface area contributed by atoms with E-state index in [0.29, 0.717) is 0 Å². The molecule has 0 saturated carbocycles. The molecule has 2 nitrogen and oxygen atoms in total. The second-order valence-electron chi connectivity index (χ2n) is 5.01. The van der Waals surface area contributed by atoms with Gasteiger partial charge in [0.05, 0.1) is 0 Å². The monoisotopic (exact) mass is 302 g/mol. The molecule has 0 amide bonds. The van der Waals surface area contributed by atoms with Crippen LogP contribution in [0.5, 0.6) is 0 Å². The third-order valence-electron chi connectivity index (χ3n) is 2.92. The van der Waals surface area contributed by atoms with Crippen molar-refractivity contribution in [3.63, 3.8) is 0 Å². The van der Waals surface area contributed by atoms with Crippen molar-refractivity contribution in [1.82, 2.24) is 0 Å². The molecule has 0 atom stereocenters. The van der Waals surface area contributed by atoms with Crippen LogP contribution in [0.2, 0.25) is 0 Å². The Hall–Kier alpha value is -1.83. The average molecular weight is 302 g/mol. The molecule has 0 bridgehead atoms. The number of hydrogen-bond donors (Lipinski definition) is 1. The van der Waals surface area contributed by atoms with Crippen LogP contribution < -0.4 is 0 Å². The van der Waals surface area contributed by atoms with Gasteiger partial charge in [0.15, 0.2) is 0 Å². The number of carboxylic acid groups (broad SMARTS) is 1. The molecule has 1 N–H and O–H groups in total. The fourth-order valence-electron chi connectivity index (χ4n) is 1.74. The van der Waals surface area contributed by atoms with E-state index in [2.05, 4.69) is 67.7 Å². The Bertz CT molecular complexity index is 398. The van der Waals surface area contributed by atoms with E-state index in [1.54, 1.807) is 0 Å². The van der Waals surface area contributed by atoms with E-state index in [1.807, 2.05) is 0 Å². The second-order valence-corrected chi connectivity index (χ2v) is 5.01. The Kier molecular flexibility index (Phi) is 15.8. The minimum absolute atomic E-state index is 0.262. The fraction of sp³-hybridized carbons (Fsp3) is 0.450. The van der Waals surface area contributed by atoms with Gasteiger partial charge in [-0.1, -0.05) is 67.7 Å². The molecule has 0 aromatic carbocycles. The summed E-state index contributed by atoms with van der Waals surface area (Å²) in [6, 6.07) is 0. The molecule has 0 aliphatic rings. The Balaban J connectivity index is 3.46. The van der Waals surface area contributed by atoms with Crippen LogP contribution in [0.3, 0.4) is 0 Å². The SMILES string of the molecule is CCC=CCC=CCC=CC=CCCC=CCCCC(=O)O. The number of carbonyl (C=O) groups is 1. The molecule has 0 aromatic rings. The fourth-order valence-corrected chi connectivity index (χ4v) is 1.74. The summed E-state index contributed by atoms with van der Waals surface area (Å²) >= 11 is 0. The first kappa shape index (κ1) is 20.2. The molecule has 0 unspecified atom stereocenters. The lowest BCUT2D eigenvalue weighted by atomic mass is 10.2. The van der Waals surface area contributed by atoms with Gasteiger partial charge < -0.3 is 5.11 Å². The first-order chi connectivity index (χ1) is 10.8. The number of hydrogen-bond acceptors (Lipinski definition) is 1. The van der Waals surface area contributed by atoms with Crippen molar-refractivity contribution in [2.24, 2.45) is 0 Å². The lowest BCUT2D eigenvalue weighted by Gasteiger charge is -1.90. The summed E-state index contributed by atoms with van der Waals surface area (Å²) in [7, 11) is 0.